The molecule has 0 saturated carbocycles. The number of carbonyl (C=O) groups is 4. The highest BCUT2D eigenvalue weighted by Gasteiger charge is 2.33. The number of nitrogens with two attached hydrogens (primary N) is 1. The Morgan fingerprint density at radius 1 is 1.07 bits per heavy atom. The van der Waals surface area contributed by atoms with Gasteiger partial charge in [-0.05, 0) is 49.9 Å². The van der Waals surface area contributed by atoms with E-state index in [4.69, 9.17) is 15.2 Å². The Hall–Kier alpha value is -4.24. The van der Waals surface area contributed by atoms with Gasteiger partial charge in [-0.2, -0.15) is 0 Å². The molecule has 1 aliphatic rings. The van der Waals surface area contributed by atoms with E-state index in [-0.39, 0.29) is 43.1 Å². The van der Waals surface area contributed by atoms with E-state index in [1.807, 2.05) is 19.9 Å². The summed E-state index contributed by atoms with van der Waals surface area (Å²) in [6, 6.07) is 3.75. The molecule has 15 nitrogen and oxygen atoms in total. The number of methoxy groups -OCH3 is 1. The van der Waals surface area contributed by atoms with Crippen LogP contribution in [0.3, 0.4) is 0 Å². The van der Waals surface area contributed by atoms with Crippen LogP contribution in [0.15, 0.2) is 29.3 Å². The first kappa shape index (κ1) is 36.2. The normalized spacial score (nSPS) is 15.2. The average Bonchev–Trinajstić information content (AvgIpc) is 3.07. The number of rotatable bonds is 16. The molecule has 0 spiro atoms. The molecule has 254 valence electrons. The summed E-state index contributed by atoms with van der Waals surface area (Å²) in [6.07, 6.45) is 3.02. The van der Waals surface area contributed by atoms with Crippen LogP contribution in [0.2, 0.25) is 0 Å². The van der Waals surface area contributed by atoms with Crippen molar-refractivity contribution in [3.8, 4) is 0 Å². The van der Waals surface area contributed by atoms with Gasteiger partial charge in [-0.1, -0.05) is 20.3 Å². The fourth-order valence-electron chi connectivity index (χ4n) is 5.20. The van der Waals surface area contributed by atoms with Gasteiger partial charge in [-0.3, -0.25) is 23.7 Å². The first-order valence-corrected chi connectivity index (χ1v) is 15.8. The molecule has 3 atom stereocenters. The van der Waals surface area contributed by atoms with Crippen molar-refractivity contribution in [1.82, 2.24) is 30.4 Å². The summed E-state index contributed by atoms with van der Waals surface area (Å²) in [7, 11) is 3.00. The summed E-state index contributed by atoms with van der Waals surface area (Å²) in [5.74, 6) is -1.15. The quantitative estimate of drug-likeness (QED) is 0.184. The Bertz CT molecular complexity index is 1390. The Morgan fingerprint density at radius 3 is 2.46 bits per heavy atom. The number of piperazine rings is 1. The number of nitrogens with zero attached hydrogens (tertiary/aromatic N) is 4. The van der Waals surface area contributed by atoms with E-state index in [1.165, 1.54) is 25.1 Å². The number of ether oxygens (including phenoxy) is 2. The zero-order valence-electron chi connectivity index (χ0n) is 27.3. The molecule has 4 amide bonds. The number of fused-ring (bicyclic) bond motifs is 1. The van der Waals surface area contributed by atoms with Crippen LogP contribution in [-0.4, -0.2) is 110 Å². The fourth-order valence-corrected chi connectivity index (χ4v) is 5.20. The van der Waals surface area contributed by atoms with E-state index >= 15 is 0 Å². The Morgan fingerprint density at radius 2 is 1.80 bits per heavy atom. The molecule has 0 unspecified atom stereocenters. The number of hydrogen-bond acceptors (Lipinski definition) is 10. The number of benzene rings is 1. The molecule has 1 aliphatic heterocycles. The third-order valence-corrected chi connectivity index (χ3v) is 8.21. The molecule has 2 aromatic rings. The molecule has 1 saturated heterocycles. The SMILES string of the molecule is CC[C@H](C)[C@H](NC(=O)OCCOC)C(=O)N[C@@H](CCCCN)C(=O)N1CCN(c2ccc3ncn(CC(=O)NC)c(=O)c3c2)CC1. The molecule has 15 heteroatoms. The molecule has 0 bridgehead atoms. The third kappa shape index (κ3) is 9.88. The first-order chi connectivity index (χ1) is 22.1. The van der Waals surface area contributed by atoms with Crippen LogP contribution < -0.4 is 32.1 Å². The van der Waals surface area contributed by atoms with E-state index in [0.29, 0.717) is 69.3 Å². The first-order valence-electron chi connectivity index (χ1n) is 15.8. The molecule has 1 fully saturated rings. The largest absolute Gasteiger partial charge is 0.447 e. The van der Waals surface area contributed by atoms with Gasteiger partial charge < -0.3 is 41.0 Å². The molecular weight excluding hydrogens is 596 g/mol. The third-order valence-electron chi connectivity index (χ3n) is 8.21. The van der Waals surface area contributed by atoms with Crippen LogP contribution in [0.4, 0.5) is 10.5 Å². The second kappa shape index (κ2) is 18.0. The zero-order valence-corrected chi connectivity index (χ0v) is 27.3. The summed E-state index contributed by atoms with van der Waals surface area (Å²) in [5.41, 5.74) is 6.72. The van der Waals surface area contributed by atoms with Crippen LogP contribution in [0.5, 0.6) is 0 Å². The summed E-state index contributed by atoms with van der Waals surface area (Å²) in [4.78, 5) is 72.5. The second-order valence-corrected chi connectivity index (χ2v) is 11.3. The van der Waals surface area contributed by atoms with Crippen LogP contribution in [0.1, 0.15) is 39.5 Å². The number of carbonyl (C=O) groups excluding carboxylic acids is 4. The standard InChI is InChI=1S/C31H48N8O7/c1-5-21(2)27(36-31(44)46-17-16-45-4)28(41)35-25(8-6-7-11-32)30(43)38-14-12-37(13-15-38)22-9-10-24-23(18-22)29(42)39(20-34-24)19-26(40)33-3/h9-10,18,20-21,25,27H,5-8,11-17,19,32H2,1-4H3,(H,33,40)(H,35,41)(H,36,44)/t21-,25-,27-/m0/s1. The minimum absolute atomic E-state index is 0.0508. The van der Waals surface area contributed by atoms with Crippen molar-refractivity contribution >= 4 is 40.4 Å². The molecular formula is C31H48N8O7. The maximum absolute atomic E-state index is 13.8. The Labute approximate surface area is 269 Å². The number of likely N-dealkylation sites (N-methyl/N-ethyl adjacent to an activating group) is 1. The van der Waals surface area contributed by atoms with Gasteiger partial charge in [-0.25, -0.2) is 9.78 Å². The van der Waals surface area contributed by atoms with Crippen LogP contribution in [0.25, 0.3) is 10.9 Å². The molecule has 1 aromatic carbocycles. The minimum Gasteiger partial charge on any atom is -0.447 e. The smallest absolute Gasteiger partial charge is 0.407 e. The van der Waals surface area contributed by atoms with Gasteiger partial charge in [0.2, 0.25) is 17.7 Å². The molecule has 3 rings (SSSR count). The van der Waals surface area contributed by atoms with Gasteiger partial charge >= 0.3 is 6.09 Å². The number of anilines is 1. The van der Waals surface area contributed by atoms with Crippen LogP contribution >= 0.6 is 0 Å². The number of alkyl carbamates (subject to hydrolysis) is 1. The van der Waals surface area contributed by atoms with E-state index < -0.39 is 24.1 Å². The predicted molar refractivity (Wildman–Crippen MR) is 173 cm³/mol. The lowest BCUT2D eigenvalue weighted by Crippen LogP contribution is -2.58. The number of nitrogens with one attached hydrogen (secondary N) is 3. The number of unbranched alkanes of at least 4 members (excludes halogenated alkanes) is 1. The van der Waals surface area contributed by atoms with E-state index in [2.05, 4.69) is 25.8 Å². The van der Waals surface area contributed by atoms with E-state index in [0.717, 1.165) is 5.69 Å². The molecule has 2 heterocycles. The highest BCUT2D eigenvalue weighted by atomic mass is 16.6. The van der Waals surface area contributed by atoms with E-state index in [1.54, 1.807) is 17.0 Å². The van der Waals surface area contributed by atoms with Crippen molar-refractivity contribution in [2.24, 2.45) is 11.7 Å². The van der Waals surface area contributed by atoms with Gasteiger partial charge in [0, 0.05) is 46.0 Å². The highest BCUT2D eigenvalue weighted by molar-refractivity contribution is 5.91. The summed E-state index contributed by atoms with van der Waals surface area (Å²) in [6.45, 7) is 6.23. The lowest BCUT2D eigenvalue weighted by molar-refractivity contribution is -0.137. The fraction of sp³-hybridized carbons (Fsp3) is 0.613. The molecule has 0 aliphatic carbocycles. The predicted octanol–water partition coefficient (Wildman–Crippen LogP) is 0.192. The molecule has 0 radical (unpaired) electrons. The van der Waals surface area contributed by atoms with Crippen molar-refractivity contribution in [3.63, 3.8) is 0 Å². The number of aromatic nitrogens is 2. The Kier molecular flexibility index (Phi) is 14.2. The lowest BCUT2D eigenvalue weighted by Gasteiger charge is -2.38. The summed E-state index contributed by atoms with van der Waals surface area (Å²) >= 11 is 0. The van der Waals surface area contributed by atoms with Crippen molar-refractivity contribution < 1.29 is 28.7 Å². The number of hydrogen-bond donors (Lipinski definition) is 4. The van der Waals surface area contributed by atoms with Crippen molar-refractivity contribution in [3.05, 3.63) is 34.9 Å². The number of amides is 4. The topological polar surface area (TPSA) is 190 Å². The molecule has 1 aromatic heterocycles. The van der Waals surface area contributed by atoms with Gasteiger partial charge in [-0.15, -0.1) is 0 Å². The van der Waals surface area contributed by atoms with E-state index in [9.17, 15) is 24.0 Å². The van der Waals surface area contributed by atoms with Gasteiger partial charge in [0.25, 0.3) is 5.56 Å². The molecule has 5 N–H and O–H groups in total. The van der Waals surface area contributed by atoms with Gasteiger partial charge in [0.1, 0.15) is 25.2 Å². The van der Waals surface area contributed by atoms with Crippen LogP contribution in [-0.2, 0) is 30.4 Å². The second-order valence-electron chi connectivity index (χ2n) is 11.3. The minimum atomic E-state index is -0.884. The summed E-state index contributed by atoms with van der Waals surface area (Å²) < 4.78 is 11.3. The van der Waals surface area contributed by atoms with Gasteiger partial charge in [0.15, 0.2) is 0 Å². The summed E-state index contributed by atoms with van der Waals surface area (Å²) in [5, 5.41) is 8.45. The van der Waals surface area contributed by atoms with Crippen molar-refractivity contribution in [2.45, 2.75) is 58.2 Å². The maximum atomic E-state index is 13.8. The monoisotopic (exact) mass is 644 g/mol. The van der Waals surface area contributed by atoms with Gasteiger partial charge in [0.05, 0.1) is 23.8 Å². The molecule has 46 heavy (non-hydrogen) atoms. The highest BCUT2D eigenvalue weighted by Crippen LogP contribution is 2.21. The van der Waals surface area contributed by atoms with Crippen molar-refractivity contribution in [1.29, 1.82) is 0 Å². The van der Waals surface area contributed by atoms with Crippen LogP contribution in [0, 0.1) is 5.92 Å². The lowest BCUT2D eigenvalue weighted by atomic mass is 9.97. The average molecular weight is 645 g/mol. The Balaban J connectivity index is 1.70. The zero-order chi connectivity index (χ0) is 33.6. The van der Waals surface area contributed by atoms with Crippen molar-refractivity contribution in [2.75, 3.05) is 65.0 Å². The maximum Gasteiger partial charge on any atom is 0.407 e.